The molecule has 1 unspecified atom stereocenters. The molecule has 2 aromatic heterocycles. The maximum absolute atomic E-state index is 12.6. The van der Waals surface area contributed by atoms with Gasteiger partial charge in [-0.1, -0.05) is 61.5 Å². The molecule has 0 fully saturated rings. The molecule has 4 rings (SSSR count). The van der Waals surface area contributed by atoms with Gasteiger partial charge in [0.1, 0.15) is 5.76 Å². The van der Waals surface area contributed by atoms with Crippen LogP contribution in [-0.2, 0) is 11.3 Å². The van der Waals surface area contributed by atoms with Gasteiger partial charge in [0.15, 0.2) is 11.0 Å². The SMILES string of the molecule is CCC(C)c1ccc(NC(=O)CSc2nnc(-c3ccccc3Cl)n2Cc2ccco2)cc1. The average Bonchev–Trinajstić information content (AvgIpc) is 3.48. The van der Waals surface area contributed by atoms with Gasteiger partial charge in [-0.3, -0.25) is 9.36 Å². The van der Waals surface area contributed by atoms with Gasteiger partial charge >= 0.3 is 0 Å². The zero-order valence-corrected chi connectivity index (χ0v) is 20.1. The van der Waals surface area contributed by atoms with Gasteiger partial charge in [-0.05, 0) is 54.3 Å². The molecule has 0 aliphatic rings. The van der Waals surface area contributed by atoms with Crippen molar-refractivity contribution in [3.8, 4) is 11.4 Å². The Morgan fingerprint density at radius 3 is 2.61 bits per heavy atom. The van der Waals surface area contributed by atoms with Crippen LogP contribution in [0.5, 0.6) is 0 Å². The summed E-state index contributed by atoms with van der Waals surface area (Å²) in [5, 5.41) is 12.8. The highest BCUT2D eigenvalue weighted by Gasteiger charge is 2.18. The van der Waals surface area contributed by atoms with Crippen molar-refractivity contribution in [2.24, 2.45) is 0 Å². The van der Waals surface area contributed by atoms with Crippen molar-refractivity contribution in [1.82, 2.24) is 14.8 Å². The normalized spacial score (nSPS) is 12.0. The molecular formula is C25H25ClN4O2S. The van der Waals surface area contributed by atoms with E-state index in [0.717, 1.165) is 23.4 Å². The molecule has 170 valence electrons. The lowest BCUT2D eigenvalue weighted by molar-refractivity contribution is -0.113. The fourth-order valence-corrected chi connectivity index (χ4v) is 4.35. The third-order valence-electron chi connectivity index (χ3n) is 5.43. The third kappa shape index (κ3) is 5.67. The quantitative estimate of drug-likeness (QED) is 0.277. The lowest BCUT2D eigenvalue weighted by Gasteiger charge is -2.11. The van der Waals surface area contributed by atoms with Gasteiger partial charge in [0, 0.05) is 11.3 Å². The first-order valence-corrected chi connectivity index (χ1v) is 12.1. The highest BCUT2D eigenvalue weighted by Crippen LogP contribution is 2.30. The van der Waals surface area contributed by atoms with E-state index in [1.54, 1.807) is 6.26 Å². The molecule has 33 heavy (non-hydrogen) atoms. The molecule has 1 amide bonds. The minimum atomic E-state index is -0.108. The second-order valence-corrected chi connectivity index (χ2v) is 9.07. The van der Waals surface area contributed by atoms with Crippen molar-refractivity contribution in [3.05, 3.63) is 83.3 Å². The van der Waals surface area contributed by atoms with Gasteiger partial charge in [-0.15, -0.1) is 10.2 Å². The molecule has 0 spiro atoms. The van der Waals surface area contributed by atoms with Crippen molar-refractivity contribution in [3.63, 3.8) is 0 Å². The Balaban J connectivity index is 1.48. The Hall–Kier alpha value is -3.03. The van der Waals surface area contributed by atoms with E-state index in [1.165, 1.54) is 17.3 Å². The van der Waals surface area contributed by atoms with E-state index in [-0.39, 0.29) is 11.7 Å². The first-order chi connectivity index (χ1) is 16.0. The number of hydrogen-bond acceptors (Lipinski definition) is 5. The number of hydrogen-bond donors (Lipinski definition) is 1. The average molecular weight is 481 g/mol. The van der Waals surface area contributed by atoms with Crippen molar-refractivity contribution >= 4 is 35.0 Å². The van der Waals surface area contributed by atoms with Crippen LogP contribution in [0.15, 0.2) is 76.5 Å². The van der Waals surface area contributed by atoms with Crippen molar-refractivity contribution < 1.29 is 9.21 Å². The van der Waals surface area contributed by atoms with E-state index in [0.29, 0.717) is 28.5 Å². The van der Waals surface area contributed by atoms with Crippen LogP contribution in [0, 0.1) is 0 Å². The van der Waals surface area contributed by atoms with Crippen LogP contribution in [0.3, 0.4) is 0 Å². The van der Waals surface area contributed by atoms with Gasteiger partial charge in [0.2, 0.25) is 5.91 Å². The highest BCUT2D eigenvalue weighted by atomic mass is 35.5. The van der Waals surface area contributed by atoms with Gasteiger partial charge < -0.3 is 9.73 Å². The Bertz CT molecular complexity index is 1210. The molecule has 1 atom stereocenters. The second kappa shape index (κ2) is 10.7. The number of rotatable bonds is 9. The number of furan rings is 1. The number of anilines is 1. The minimum absolute atomic E-state index is 0.108. The molecule has 1 N–H and O–H groups in total. The fourth-order valence-electron chi connectivity index (χ4n) is 3.40. The Labute approximate surface area is 202 Å². The Kier molecular flexibility index (Phi) is 7.52. The predicted octanol–water partition coefficient (Wildman–Crippen LogP) is 6.48. The zero-order chi connectivity index (χ0) is 23.2. The molecule has 4 aromatic rings. The monoisotopic (exact) mass is 480 g/mol. The van der Waals surface area contributed by atoms with E-state index in [4.69, 9.17) is 16.0 Å². The van der Waals surface area contributed by atoms with Gasteiger partial charge in [0.05, 0.1) is 23.6 Å². The van der Waals surface area contributed by atoms with Crippen LogP contribution in [-0.4, -0.2) is 26.4 Å². The van der Waals surface area contributed by atoms with E-state index in [2.05, 4.69) is 41.5 Å². The summed E-state index contributed by atoms with van der Waals surface area (Å²) in [5.41, 5.74) is 2.82. The summed E-state index contributed by atoms with van der Waals surface area (Å²) in [4.78, 5) is 12.6. The van der Waals surface area contributed by atoms with Crippen molar-refractivity contribution in [2.75, 3.05) is 11.1 Å². The van der Waals surface area contributed by atoms with Crippen LogP contribution >= 0.6 is 23.4 Å². The summed E-state index contributed by atoms with van der Waals surface area (Å²) in [7, 11) is 0. The van der Waals surface area contributed by atoms with Crippen LogP contribution in [0.25, 0.3) is 11.4 Å². The number of aromatic nitrogens is 3. The Morgan fingerprint density at radius 1 is 1.12 bits per heavy atom. The lowest BCUT2D eigenvalue weighted by atomic mass is 9.99. The molecule has 0 aliphatic heterocycles. The second-order valence-electron chi connectivity index (χ2n) is 7.72. The van der Waals surface area contributed by atoms with Crippen LogP contribution in [0.4, 0.5) is 5.69 Å². The standard InChI is InChI=1S/C25H25ClN4O2S/c1-3-17(2)18-10-12-19(13-11-18)27-23(31)16-33-25-29-28-24(21-8-4-5-9-22(21)26)30(25)15-20-7-6-14-32-20/h4-14,17H,3,15-16H2,1-2H3,(H,27,31). The number of carbonyl (C=O) groups is 1. The molecule has 8 heteroatoms. The summed E-state index contributed by atoms with van der Waals surface area (Å²) in [5.74, 6) is 1.98. The fraction of sp³-hybridized carbons (Fsp3) is 0.240. The zero-order valence-electron chi connectivity index (χ0n) is 18.5. The summed E-state index contributed by atoms with van der Waals surface area (Å²) >= 11 is 7.73. The molecule has 6 nitrogen and oxygen atoms in total. The van der Waals surface area contributed by atoms with E-state index < -0.39 is 0 Å². The summed E-state index contributed by atoms with van der Waals surface area (Å²) in [6, 6.07) is 19.2. The predicted molar refractivity (Wildman–Crippen MR) is 133 cm³/mol. The molecule has 0 bridgehead atoms. The van der Waals surface area contributed by atoms with E-state index in [9.17, 15) is 4.79 Å². The van der Waals surface area contributed by atoms with Crippen molar-refractivity contribution in [1.29, 1.82) is 0 Å². The molecule has 0 saturated heterocycles. The largest absolute Gasteiger partial charge is 0.467 e. The molecule has 0 saturated carbocycles. The van der Waals surface area contributed by atoms with Crippen LogP contribution in [0.2, 0.25) is 5.02 Å². The highest BCUT2D eigenvalue weighted by molar-refractivity contribution is 7.99. The number of benzene rings is 2. The maximum Gasteiger partial charge on any atom is 0.234 e. The van der Waals surface area contributed by atoms with E-state index in [1.807, 2.05) is 53.1 Å². The summed E-state index contributed by atoms with van der Waals surface area (Å²) in [6.45, 7) is 4.79. The summed E-state index contributed by atoms with van der Waals surface area (Å²) < 4.78 is 7.44. The number of thioether (sulfide) groups is 1. The molecule has 0 radical (unpaired) electrons. The topological polar surface area (TPSA) is 73.0 Å². The number of amides is 1. The number of nitrogens with one attached hydrogen (secondary N) is 1. The first-order valence-electron chi connectivity index (χ1n) is 10.8. The lowest BCUT2D eigenvalue weighted by Crippen LogP contribution is -2.15. The molecular weight excluding hydrogens is 456 g/mol. The summed E-state index contributed by atoms with van der Waals surface area (Å²) in [6.07, 6.45) is 2.71. The number of carbonyl (C=O) groups excluding carboxylic acids is 1. The first kappa shape index (κ1) is 23.1. The maximum atomic E-state index is 12.6. The Morgan fingerprint density at radius 2 is 1.91 bits per heavy atom. The molecule has 2 aromatic carbocycles. The van der Waals surface area contributed by atoms with Crippen LogP contribution < -0.4 is 5.32 Å². The van der Waals surface area contributed by atoms with Gasteiger partial charge in [-0.2, -0.15) is 0 Å². The van der Waals surface area contributed by atoms with Gasteiger partial charge in [-0.25, -0.2) is 0 Å². The smallest absolute Gasteiger partial charge is 0.234 e. The molecule has 2 heterocycles. The molecule has 0 aliphatic carbocycles. The third-order valence-corrected chi connectivity index (χ3v) is 6.73. The van der Waals surface area contributed by atoms with Crippen LogP contribution in [0.1, 0.15) is 37.5 Å². The minimum Gasteiger partial charge on any atom is -0.467 e. The number of halogens is 1. The number of nitrogens with zero attached hydrogens (tertiary/aromatic N) is 3. The van der Waals surface area contributed by atoms with Crippen molar-refractivity contribution in [2.45, 2.75) is 37.9 Å². The van der Waals surface area contributed by atoms with E-state index >= 15 is 0 Å². The van der Waals surface area contributed by atoms with Gasteiger partial charge in [0.25, 0.3) is 0 Å².